The highest BCUT2D eigenvalue weighted by Gasteiger charge is 2.12. The molecule has 1 amide bonds. The van der Waals surface area contributed by atoms with Crippen molar-refractivity contribution in [2.75, 3.05) is 5.32 Å². The second-order valence-electron chi connectivity index (χ2n) is 6.67. The number of carbonyl (C=O) groups excluding carboxylic acids is 1. The van der Waals surface area contributed by atoms with Crippen LogP contribution < -0.4 is 10.9 Å². The van der Waals surface area contributed by atoms with Gasteiger partial charge in [-0.2, -0.15) is 0 Å². The second-order valence-corrected chi connectivity index (χ2v) is 7.11. The third-order valence-corrected chi connectivity index (χ3v) is 4.81. The molecule has 0 unspecified atom stereocenters. The SMILES string of the molecule is O=C(CCCc1nnc2c(=O)n(-c3cccc(F)c3)ccn12)Nc1ccc(Cl)cc1. The Balaban J connectivity index is 1.44. The number of benzene rings is 2. The van der Waals surface area contributed by atoms with E-state index < -0.39 is 11.4 Å². The molecule has 0 radical (unpaired) electrons. The van der Waals surface area contributed by atoms with Crippen LogP contribution in [0.3, 0.4) is 0 Å². The molecule has 0 saturated heterocycles. The maximum absolute atomic E-state index is 13.5. The maximum atomic E-state index is 13.5. The molecule has 4 rings (SSSR count). The molecule has 0 atom stereocenters. The quantitative estimate of drug-likeness (QED) is 0.511. The number of anilines is 1. The minimum atomic E-state index is -0.432. The minimum absolute atomic E-state index is 0.125. The van der Waals surface area contributed by atoms with Gasteiger partial charge in [0, 0.05) is 35.9 Å². The van der Waals surface area contributed by atoms with E-state index in [1.807, 2.05) is 0 Å². The van der Waals surface area contributed by atoms with E-state index in [-0.39, 0.29) is 18.0 Å². The Labute approximate surface area is 175 Å². The fraction of sp³-hybridized carbons (Fsp3) is 0.143. The van der Waals surface area contributed by atoms with Crippen molar-refractivity contribution in [3.63, 3.8) is 0 Å². The van der Waals surface area contributed by atoms with Gasteiger partial charge in [-0.3, -0.25) is 18.6 Å². The molecule has 4 aromatic rings. The van der Waals surface area contributed by atoms with Crippen molar-refractivity contribution in [2.45, 2.75) is 19.3 Å². The number of carbonyl (C=O) groups is 1. The van der Waals surface area contributed by atoms with E-state index >= 15 is 0 Å². The number of hydrogen-bond donors (Lipinski definition) is 1. The predicted molar refractivity (Wildman–Crippen MR) is 112 cm³/mol. The van der Waals surface area contributed by atoms with Gasteiger partial charge in [-0.1, -0.05) is 17.7 Å². The minimum Gasteiger partial charge on any atom is -0.326 e. The Kier molecular flexibility index (Phi) is 5.58. The van der Waals surface area contributed by atoms with Gasteiger partial charge in [-0.15, -0.1) is 10.2 Å². The molecule has 9 heteroatoms. The highest BCUT2D eigenvalue weighted by atomic mass is 35.5. The monoisotopic (exact) mass is 425 g/mol. The number of aromatic nitrogens is 4. The first-order valence-corrected chi connectivity index (χ1v) is 9.66. The van der Waals surface area contributed by atoms with Crippen molar-refractivity contribution in [3.05, 3.63) is 87.9 Å². The highest BCUT2D eigenvalue weighted by Crippen LogP contribution is 2.14. The molecule has 30 heavy (non-hydrogen) atoms. The smallest absolute Gasteiger partial charge is 0.300 e. The van der Waals surface area contributed by atoms with Gasteiger partial charge >= 0.3 is 5.56 Å². The lowest BCUT2D eigenvalue weighted by atomic mass is 10.2. The lowest BCUT2D eigenvalue weighted by Gasteiger charge is -2.07. The molecule has 0 aliphatic rings. The molecular formula is C21H17ClFN5O2. The summed E-state index contributed by atoms with van der Waals surface area (Å²) in [5.74, 6) is 0.0192. The van der Waals surface area contributed by atoms with Crippen LogP contribution in [0.4, 0.5) is 10.1 Å². The molecule has 0 aliphatic heterocycles. The molecule has 0 bridgehead atoms. The Morgan fingerprint density at radius 2 is 1.90 bits per heavy atom. The van der Waals surface area contributed by atoms with Crippen LogP contribution in [0.2, 0.25) is 5.02 Å². The summed E-state index contributed by atoms with van der Waals surface area (Å²) >= 11 is 5.83. The van der Waals surface area contributed by atoms with Gasteiger partial charge in [0.25, 0.3) is 0 Å². The normalized spacial score (nSPS) is 11.0. The lowest BCUT2D eigenvalue weighted by Crippen LogP contribution is -2.20. The zero-order valence-electron chi connectivity index (χ0n) is 15.8. The van der Waals surface area contributed by atoms with E-state index in [2.05, 4.69) is 15.5 Å². The van der Waals surface area contributed by atoms with E-state index in [1.54, 1.807) is 47.1 Å². The summed E-state index contributed by atoms with van der Waals surface area (Å²) in [5, 5.41) is 11.5. The van der Waals surface area contributed by atoms with E-state index in [9.17, 15) is 14.0 Å². The van der Waals surface area contributed by atoms with Gasteiger partial charge in [0.15, 0.2) is 0 Å². The number of amides is 1. The first-order valence-electron chi connectivity index (χ1n) is 9.28. The first kappa shape index (κ1) is 19.8. The molecule has 152 valence electrons. The first-order chi connectivity index (χ1) is 14.5. The Hall–Kier alpha value is -3.52. The summed E-state index contributed by atoms with van der Waals surface area (Å²) in [6, 6.07) is 12.6. The van der Waals surface area contributed by atoms with Gasteiger partial charge < -0.3 is 5.32 Å². The van der Waals surface area contributed by atoms with Gasteiger partial charge in [-0.25, -0.2) is 4.39 Å². The predicted octanol–water partition coefficient (Wildman–Crippen LogP) is 3.63. The Bertz CT molecular complexity index is 1270. The third-order valence-electron chi connectivity index (χ3n) is 4.56. The molecule has 1 N–H and O–H groups in total. The fourth-order valence-electron chi connectivity index (χ4n) is 3.10. The number of aryl methyl sites for hydroxylation is 1. The Morgan fingerprint density at radius 3 is 2.67 bits per heavy atom. The fourth-order valence-corrected chi connectivity index (χ4v) is 3.22. The van der Waals surface area contributed by atoms with Crippen molar-refractivity contribution in [2.24, 2.45) is 0 Å². The molecule has 0 aliphatic carbocycles. The number of nitrogens with zero attached hydrogens (tertiary/aromatic N) is 4. The largest absolute Gasteiger partial charge is 0.326 e. The Morgan fingerprint density at radius 1 is 1.10 bits per heavy atom. The lowest BCUT2D eigenvalue weighted by molar-refractivity contribution is -0.116. The molecule has 7 nitrogen and oxygen atoms in total. The summed E-state index contributed by atoms with van der Waals surface area (Å²) in [5.41, 5.74) is 0.825. The average Bonchev–Trinajstić information content (AvgIpc) is 3.14. The van der Waals surface area contributed by atoms with Crippen LogP contribution in [-0.2, 0) is 11.2 Å². The average molecular weight is 426 g/mol. The van der Waals surface area contributed by atoms with Crippen LogP contribution in [0, 0.1) is 5.82 Å². The highest BCUT2D eigenvalue weighted by molar-refractivity contribution is 6.30. The number of nitrogens with one attached hydrogen (secondary N) is 1. The van der Waals surface area contributed by atoms with Gasteiger partial charge in [0.1, 0.15) is 11.6 Å². The van der Waals surface area contributed by atoms with Gasteiger partial charge in [-0.05, 0) is 48.9 Å². The summed E-state index contributed by atoms with van der Waals surface area (Å²) < 4.78 is 16.4. The van der Waals surface area contributed by atoms with E-state index in [4.69, 9.17) is 11.6 Å². The van der Waals surface area contributed by atoms with Gasteiger partial charge in [0.2, 0.25) is 11.6 Å². The summed E-state index contributed by atoms with van der Waals surface area (Å²) in [7, 11) is 0. The zero-order chi connectivity index (χ0) is 21.1. The number of halogens is 2. The van der Waals surface area contributed by atoms with E-state index in [0.29, 0.717) is 35.1 Å². The standard InChI is InChI=1S/C21H17ClFN5O2/c22-14-7-9-16(10-8-14)24-19(29)6-2-5-18-25-26-20-21(30)27(11-12-28(18)20)17-4-1-3-15(23)13-17/h1,3-4,7-13H,2,5-6H2,(H,24,29). The summed E-state index contributed by atoms with van der Waals surface area (Å²) in [4.78, 5) is 24.8. The molecule has 0 fully saturated rings. The van der Waals surface area contributed by atoms with Crippen LogP contribution in [0.15, 0.2) is 65.7 Å². The van der Waals surface area contributed by atoms with E-state index in [1.165, 1.54) is 22.8 Å². The topological polar surface area (TPSA) is 81.3 Å². The van der Waals surface area contributed by atoms with Crippen LogP contribution in [0.25, 0.3) is 11.3 Å². The summed E-state index contributed by atoms with van der Waals surface area (Å²) in [6.45, 7) is 0. The van der Waals surface area contributed by atoms with Crippen LogP contribution in [0.5, 0.6) is 0 Å². The molecule has 2 aromatic heterocycles. The van der Waals surface area contributed by atoms with Crippen molar-refractivity contribution >= 4 is 28.8 Å². The summed E-state index contributed by atoms with van der Waals surface area (Å²) in [6.07, 6.45) is 4.50. The number of rotatable bonds is 6. The molecule has 0 saturated carbocycles. The molecule has 2 heterocycles. The van der Waals surface area contributed by atoms with Crippen molar-refractivity contribution in [1.29, 1.82) is 0 Å². The van der Waals surface area contributed by atoms with Crippen LogP contribution in [0.1, 0.15) is 18.7 Å². The zero-order valence-corrected chi connectivity index (χ0v) is 16.5. The molecule has 0 spiro atoms. The van der Waals surface area contributed by atoms with Crippen molar-refractivity contribution in [1.82, 2.24) is 19.2 Å². The van der Waals surface area contributed by atoms with Crippen LogP contribution >= 0.6 is 11.6 Å². The van der Waals surface area contributed by atoms with Crippen molar-refractivity contribution < 1.29 is 9.18 Å². The molecular weight excluding hydrogens is 409 g/mol. The third kappa shape index (κ3) is 4.23. The number of hydrogen-bond acceptors (Lipinski definition) is 4. The van der Waals surface area contributed by atoms with Gasteiger partial charge in [0.05, 0.1) is 5.69 Å². The molecule has 2 aromatic carbocycles. The maximum Gasteiger partial charge on any atom is 0.300 e. The second kappa shape index (κ2) is 8.46. The van der Waals surface area contributed by atoms with Crippen LogP contribution in [-0.4, -0.2) is 25.1 Å². The van der Waals surface area contributed by atoms with Crippen molar-refractivity contribution in [3.8, 4) is 5.69 Å². The number of fused-ring (bicyclic) bond motifs is 1. The van der Waals surface area contributed by atoms with E-state index in [0.717, 1.165) is 0 Å².